The predicted octanol–water partition coefficient (Wildman–Crippen LogP) is 5.85. The van der Waals surface area contributed by atoms with Gasteiger partial charge >= 0.3 is 6.18 Å². The minimum Gasteiger partial charge on any atom is -0.476 e. The summed E-state index contributed by atoms with van der Waals surface area (Å²) in [7, 11) is 1.13. The predicted molar refractivity (Wildman–Crippen MR) is 165 cm³/mol. The summed E-state index contributed by atoms with van der Waals surface area (Å²) in [5, 5.41) is 0.831. The van der Waals surface area contributed by atoms with E-state index in [1.54, 1.807) is 30.4 Å². The number of benzene rings is 2. The number of nitrogens with one attached hydrogen (secondary N) is 1. The number of hydrogen-bond acceptors (Lipinski definition) is 7. The molecular formula is C32H32F3N5O4S. The molecule has 0 bridgehead atoms. The Balaban J connectivity index is 1.40. The van der Waals surface area contributed by atoms with Crippen molar-refractivity contribution in [2.45, 2.75) is 42.2 Å². The molecule has 1 spiro atoms. The van der Waals surface area contributed by atoms with Crippen LogP contribution in [0.2, 0.25) is 0 Å². The summed E-state index contributed by atoms with van der Waals surface area (Å²) in [5.41, 5.74) is 2.02. The molecule has 0 atom stereocenters. The van der Waals surface area contributed by atoms with Gasteiger partial charge in [-0.3, -0.25) is 14.5 Å². The van der Waals surface area contributed by atoms with Crippen LogP contribution in [0.4, 0.5) is 24.5 Å². The molecule has 0 radical (unpaired) electrons. The van der Waals surface area contributed by atoms with Gasteiger partial charge in [-0.25, -0.2) is 13.4 Å². The van der Waals surface area contributed by atoms with E-state index in [1.807, 2.05) is 37.2 Å². The molecule has 0 unspecified atom stereocenters. The lowest BCUT2D eigenvalue weighted by atomic mass is 9.64. The lowest BCUT2D eigenvalue weighted by Crippen LogP contribution is -2.43. The van der Waals surface area contributed by atoms with Gasteiger partial charge in [0, 0.05) is 36.3 Å². The molecule has 2 aromatic carbocycles. The average Bonchev–Trinajstić information content (AvgIpc) is 3.22. The number of alkyl halides is 3. The number of pyridine rings is 2. The molecular weight excluding hydrogens is 607 g/mol. The van der Waals surface area contributed by atoms with Crippen molar-refractivity contribution < 1.29 is 31.1 Å². The van der Waals surface area contributed by atoms with Crippen molar-refractivity contribution in [1.82, 2.24) is 14.9 Å². The van der Waals surface area contributed by atoms with E-state index in [9.17, 15) is 26.4 Å². The zero-order valence-corrected chi connectivity index (χ0v) is 25.8. The van der Waals surface area contributed by atoms with E-state index in [0.29, 0.717) is 23.6 Å². The lowest BCUT2D eigenvalue weighted by molar-refractivity contribution is -0.137. The summed E-state index contributed by atoms with van der Waals surface area (Å²) in [5.74, 6) is 0.0595. The maximum atomic E-state index is 13.4. The third kappa shape index (κ3) is 5.59. The van der Waals surface area contributed by atoms with E-state index < -0.39 is 32.1 Å². The molecule has 9 nitrogen and oxygen atoms in total. The number of halogens is 3. The zero-order valence-electron chi connectivity index (χ0n) is 25.0. The number of fused-ring (bicyclic) bond motifs is 4. The van der Waals surface area contributed by atoms with Crippen molar-refractivity contribution in [2.24, 2.45) is 0 Å². The van der Waals surface area contributed by atoms with Crippen LogP contribution in [0.5, 0.6) is 5.88 Å². The standard InChI is InChI=1S/C32H32F3N5O4S/c1-39(2)13-6-14-44-29-26(38-45(42,43)23-8-4-7-22(17-23)32(33,34)35)16-21(18-37-29)20-9-10-25-24(15-20)28-27(19-36-25)40(3)30(41)31(28)11-5-12-31/h4,7-10,15-19,38H,5-6,11-14H2,1-3H3. The van der Waals surface area contributed by atoms with E-state index in [-0.39, 0.29) is 24.1 Å². The third-order valence-electron chi connectivity index (χ3n) is 8.50. The Morgan fingerprint density at radius 1 is 1.04 bits per heavy atom. The van der Waals surface area contributed by atoms with Crippen molar-refractivity contribution in [3.63, 3.8) is 0 Å². The summed E-state index contributed by atoms with van der Waals surface area (Å²) in [6.07, 6.45) is 1.68. The van der Waals surface area contributed by atoms with Crippen LogP contribution in [0.25, 0.3) is 22.0 Å². The highest BCUT2D eigenvalue weighted by molar-refractivity contribution is 7.92. The average molecular weight is 640 g/mol. The fourth-order valence-corrected chi connectivity index (χ4v) is 7.13. The molecule has 1 aliphatic carbocycles. The van der Waals surface area contributed by atoms with Crippen LogP contribution in [0.3, 0.4) is 0 Å². The number of rotatable bonds is 9. The highest BCUT2D eigenvalue weighted by Gasteiger charge is 2.54. The number of hydrogen-bond donors (Lipinski definition) is 1. The molecule has 1 saturated carbocycles. The van der Waals surface area contributed by atoms with Gasteiger partial charge in [-0.15, -0.1) is 0 Å². The Morgan fingerprint density at radius 2 is 1.82 bits per heavy atom. The largest absolute Gasteiger partial charge is 0.476 e. The molecule has 1 N–H and O–H groups in total. The molecule has 4 aromatic rings. The van der Waals surface area contributed by atoms with Crippen LogP contribution >= 0.6 is 0 Å². The fraction of sp³-hybridized carbons (Fsp3) is 0.344. The van der Waals surface area contributed by atoms with Crippen molar-refractivity contribution in [3.05, 3.63) is 72.1 Å². The Labute approximate surface area is 259 Å². The molecule has 6 rings (SSSR count). The topological polar surface area (TPSA) is 105 Å². The van der Waals surface area contributed by atoms with Gasteiger partial charge in [-0.2, -0.15) is 13.2 Å². The molecule has 1 amide bonds. The van der Waals surface area contributed by atoms with Crippen LogP contribution in [-0.4, -0.2) is 63.5 Å². The number of carbonyl (C=O) groups is 1. The summed E-state index contributed by atoms with van der Waals surface area (Å²) < 4.78 is 75.0. The summed E-state index contributed by atoms with van der Waals surface area (Å²) in [6.45, 7) is 0.957. The Bertz CT molecular complexity index is 1910. The molecule has 1 aliphatic heterocycles. The lowest BCUT2D eigenvalue weighted by Gasteiger charge is -2.37. The zero-order chi connectivity index (χ0) is 32.1. The second-order valence-electron chi connectivity index (χ2n) is 11.8. The Morgan fingerprint density at radius 3 is 2.51 bits per heavy atom. The molecule has 0 saturated heterocycles. The first-order chi connectivity index (χ1) is 21.3. The minimum atomic E-state index is -4.71. The van der Waals surface area contributed by atoms with Crippen LogP contribution < -0.4 is 14.4 Å². The van der Waals surface area contributed by atoms with Crippen molar-refractivity contribution in [3.8, 4) is 17.0 Å². The number of carbonyl (C=O) groups excluding carboxylic acids is 1. The van der Waals surface area contributed by atoms with E-state index in [4.69, 9.17) is 4.74 Å². The summed E-state index contributed by atoms with van der Waals surface area (Å²) >= 11 is 0. The quantitative estimate of drug-likeness (QED) is 0.229. The minimum absolute atomic E-state index is 0.00273. The number of sulfonamides is 1. The smallest absolute Gasteiger partial charge is 0.416 e. The SMILES string of the molecule is CN(C)CCCOc1ncc(-c2ccc3ncc4c(c3c2)C2(CCC2)C(=O)N4C)cc1NS(=O)(=O)c1cccc(C(F)(F)F)c1. The van der Waals surface area contributed by atoms with Gasteiger partial charge in [0.2, 0.25) is 11.8 Å². The van der Waals surface area contributed by atoms with E-state index in [2.05, 4.69) is 14.7 Å². The second kappa shape index (κ2) is 11.3. The maximum Gasteiger partial charge on any atom is 0.416 e. The van der Waals surface area contributed by atoms with Gasteiger partial charge in [0.15, 0.2) is 0 Å². The maximum absolute atomic E-state index is 13.4. The third-order valence-corrected chi connectivity index (χ3v) is 9.86. The van der Waals surface area contributed by atoms with Gasteiger partial charge in [0.25, 0.3) is 10.0 Å². The van der Waals surface area contributed by atoms with E-state index in [0.717, 1.165) is 66.2 Å². The first kappa shape index (κ1) is 30.8. The van der Waals surface area contributed by atoms with Gasteiger partial charge in [0.1, 0.15) is 5.69 Å². The monoisotopic (exact) mass is 639 g/mol. The summed E-state index contributed by atoms with van der Waals surface area (Å²) in [6, 6.07) is 10.7. The number of anilines is 2. The van der Waals surface area contributed by atoms with E-state index in [1.165, 1.54) is 0 Å². The molecule has 1 fully saturated rings. The molecule has 13 heteroatoms. The molecule has 2 aromatic heterocycles. The number of ether oxygens (including phenoxy) is 1. The van der Waals surface area contributed by atoms with Crippen LogP contribution in [0, 0.1) is 0 Å². The molecule has 2 aliphatic rings. The number of amides is 1. The number of nitrogens with zero attached hydrogens (tertiary/aromatic N) is 4. The molecule has 3 heterocycles. The van der Waals surface area contributed by atoms with Gasteiger partial charge < -0.3 is 14.5 Å². The second-order valence-corrected chi connectivity index (χ2v) is 13.4. The fourth-order valence-electron chi connectivity index (χ4n) is 6.04. The molecule has 45 heavy (non-hydrogen) atoms. The van der Waals surface area contributed by atoms with Crippen molar-refractivity contribution >= 4 is 38.2 Å². The van der Waals surface area contributed by atoms with Crippen molar-refractivity contribution in [2.75, 3.05) is 43.9 Å². The summed E-state index contributed by atoms with van der Waals surface area (Å²) in [4.78, 5) is 25.4. The van der Waals surface area contributed by atoms with Gasteiger partial charge in [-0.05, 0) is 75.3 Å². The highest BCUT2D eigenvalue weighted by atomic mass is 32.2. The van der Waals surface area contributed by atoms with Gasteiger partial charge in [0.05, 0.1) is 39.9 Å². The first-order valence-electron chi connectivity index (χ1n) is 14.5. The van der Waals surface area contributed by atoms with Crippen LogP contribution in [-0.2, 0) is 26.4 Å². The highest BCUT2D eigenvalue weighted by Crippen LogP contribution is 2.55. The van der Waals surface area contributed by atoms with E-state index >= 15 is 0 Å². The molecule has 236 valence electrons. The normalized spacial score (nSPS) is 15.9. The number of aromatic nitrogens is 2. The van der Waals surface area contributed by atoms with Crippen molar-refractivity contribution in [1.29, 1.82) is 0 Å². The Kier molecular flexibility index (Phi) is 7.72. The first-order valence-corrected chi connectivity index (χ1v) is 16.0. The van der Waals surface area contributed by atoms with Gasteiger partial charge in [-0.1, -0.05) is 18.6 Å². The van der Waals surface area contributed by atoms with Crippen LogP contribution in [0.15, 0.2) is 65.8 Å². The number of likely N-dealkylation sites (N-methyl/N-ethyl adjacent to an activating group) is 1. The Hall–Kier alpha value is -4.23. The van der Waals surface area contributed by atoms with Crippen LogP contribution in [0.1, 0.15) is 36.8 Å².